The molecule has 5 heteroatoms. The minimum Gasteiger partial charge on any atom is -0.469 e. The number of nitrogens with zero attached hydrogens (tertiary/aromatic N) is 1. The molecule has 4 bridgehead atoms. The summed E-state index contributed by atoms with van der Waals surface area (Å²) in [5, 5.41) is 3.09. The summed E-state index contributed by atoms with van der Waals surface area (Å²) >= 11 is 0. The number of hydrogen-bond donors (Lipinski definition) is 1. The Morgan fingerprint density at radius 1 is 1.40 bits per heavy atom. The fourth-order valence-corrected chi connectivity index (χ4v) is 5.99. The van der Waals surface area contributed by atoms with Gasteiger partial charge in [-0.3, -0.25) is 14.5 Å². The summed E-state index contributed by atoms with van der Waals surface area (Å²) in [6, 6.07) is 8.26. The van der Waals surface area contributed by atoms with E-state index >= 15 is 0 Å². The van der Waals surface area contributed by atoms with Gasteiger partial charge in [-0.1, -0.05) is 29.8 Å². The van der Waals surface area contributed by atoms with Gasteiger partial charge in [0.2, 0.25) is 5.91 Å². The molecule has 5 nitrogen and oxygen atoms in total. The molecule has 4 fully saturated rings. The summed E-state index contributed by atoms with van der Waals surface area (Å²) in [4.78, 5) is 28.1. The number of nitrogens with one attached hydrogen (secondary N) is 1. The second-order valence-electron chi connectivity index (χ2n) is 7.69. The average molecular weight is 338 g/mol. The molecule has 6 rings (SSSR count). The van der Waals surface area contributed by atoms with E-state index in [2.05, 4.69) is 22.4 Å². The predicted octanol–water partition coefficient (Wildman–Crippen LogP) is 2.09. The van der Waals surface area contributed by atoms with Crippen LogP contribution in [0.15, 0.2) is 35.9 Å². The lowest BCUT2D eigenvalue weighted by Crippen LogP contribution is -2.60. The highest BCUT2D eigenvalue weighted by Crippen LogP contribution is 2.60. The monoisotopic (exact) mass is 338 g/mol. The van der Waals surface area contributed by atoms with E-state index in [0.29, 0.717) is 6.42 Å². The molecule has 25 heavy (non-hydrogen) atoms. The van der Waals surface area contributed by atoms with Crippen molar-refractivity contribution in [2.24, 2.45) is 11.8 Å². The van der Waals surface area contributed by atoms with Crippen LogP contribution in [0.3, 0.4) is 0 Å². The Bertz CT molecular complexity index is 817. The number of methoxy groups -OCH3 is 1. The van der Waals surface area contributed by atoms with Crippen LogP contribution in [0.2, 0.25) is 0 Å². The van der Waals surface area contributed by atoms with E-state index in [9.17, 15) is 9.59 Å². The Morgan fingerprint density at radius 2 is 2.20 bits per heavy atom. The van der Waals surface area contributed by atoms with Crippen molar-refractivity contribution in [3.8, 4) is 0 Å². The van der Waals surface area contributed by atoms with Gasteiger partial charge >= 0.3 is 5.97 Å². The fourth-order valence-electron chi connectivity index (χ4n) is 5.99. The number of benzene rings is 1. The molecule has 5 aliphatic rings. The molecule has 1 aromatic rings. The third-order valence-electron chi connectivity index (χ3n) is 7.00. The SMILES string of the molecule is C/C=C1/CN2[C@H]3C[C@@H]1[C@@H](C(=O)OC)[C@@H]2C[C@@]31C(=O)Nc2ccccc21. The first-order valence-corrected chi connectivity index (χ1v) is 9.01. The highest BCUT2D eigenvalue weighted by Gasteiger charge is 2.68. The number of carbonyl (C=O) groups excluding carboxylic acids is 2. The smallest absolute Gasteiger partial charge is 0.310 e. The van der Waals surface area contributed by atoms with Gasteiger partial charge < -0.3 is 10.1 Å². The number of allylic oxidation sites excluding steroid dienone is 1. The van der Waals surface area contributed by atoms with E-state index in [1.807, 2.05) is 25.1 Å². The number of carbonyl (C=O) groups is 2. The number of fused-ring (bicyclic) bond motifs is 3. The second kappa shape index (κ2) is 4.94. The topological polar surface area (TPSA) is 58.6 Å². The van der Waals surface area contributed by atoms with Crippen LogP contribution in [0.1, 0.15) is 25.3 Å². The average Bonchev–Trinajstić information content (AvgIpc) is 3.06. The summed E-state index contributed by atoms with van der Waals surface area (Å²) in [5.74, 6) is -0.0147. The van der Waals surface area contributed by atoms with Gasteiger partial charge in [0.1, 0.15) is 0 Å². The van der Waals surface area contributed by atoms with Crippen LogP contribution in [0.25, 0.3) is 0 Å². The molecule has 0 radical (unpaired) electrons. The van der Waals surface area contributed by atoms with Crippen molar-refractivity contribution in [1.82, 2.24) is 4.90 Å². The summed E-state index contributed by atoms with van der Waals surface area (Å²) in [6.45, 7) is 2.90. The molecule has 4 saturated heterocycles. The Balaban J connectivity index is 1.66. The lowest BCUT2D eigenvalue weighted by atomic mass is 9.69. The van der Waals surface area contributed by atoms with Gasteiger partial charge in [-0.25, -0.2) is 0 Å². The maximum Gasteiger partial charge on any atom is 0.310 e. The molecule has 1 N–H and O–H groups in total. The highest BCUT2D eigenvalue weighted by molar-refractivity contribution is 6.07. The van der Waals surface area contributed by atoms with Gasteiger partial charge in [-0.05, 0) is 37.3 Å². The molecule has 0 aliphatic carbocycles. The minimum absolute atomic E-state index is 0.0804. The first kappa shape index (κ1) is 15.1. The number of esters is 1. The largest absolute Gasteiger partial charge is 0.469 e. The highest BCUT2D eigenvalue weighted by atomic mass is 16.5. The Labute approximate surface area is 147 Å². The Hall–Kier alpha value is -2.14. The number of rotatable bonds is 1. The Kier molecular flexibility index (Phi) is 2.99. The van der Waals surface area contributed by atoms with Crippen LogP contribution in [-0.2, 0) is 19.7 Å². The van der Waals surface area contributed by atoms with Crippen LogP contribution < -0.4 is 5.32 Å². The lowest BCUT2D eigenvalue weighted by molar-refractivity contribution is -0.153. The van der Waals surface area contributed by atoms with E-state index in [-0.39, 0.29) is 35.8 Å². The summed E-state index contributed by atoms with van der Waals surface area (Å²) in [6.07, 6.45) is 3.69. The Morgan fingerprint density at radius 3 is 2.96 bits per heavy atom. The van der Waals surface area contributed by atoms with Crippen molar-refractivity contribution < 1.29 is 14.3 Å². The molecule has 1 aromatic carbocycles. The first-order chi connectivity index (χ1) is 12.1. The zero-order chi connectivity index (χ0) is 17.3. The van der Waals surface area contributed by atoms with Gasteiger partial charge in [0.05, 0.1) is 18.4 Å². The zero-order valence-corrected chi connectivity index (χ0v) is 14.5. The maximum absolute atomic E-state index is 13.1. The van der Waals surface area contributed by atoms with Crippen molar-refractivity contribution in [2.45, 2.75) is 37.3 Å². The summed E-state index contributed by atoms with van der Waals surface area (Å²) in [5.41, 5.74) is 2.82. The van der Waals surface area contributed by atoms with Crippen LogP contribution in [0.4, 0.5) is 5.69 Å². The number of ether oxygens (including phenoxy) is 1. The molecular formula is C20H22N2O3. The minimum atomic E-state index is -0.526. The zero-order valence-electron chi connectivity index (χ0n) is 14.5. The van der Waals surface area contributed by atoms with Crippen LogP contribution >= 0.6 is 0 Å². The number of hydrogen-bond acceptors (Lipinski definition) is 4. The molecule has 6 atom stereocenters. The van der Waals surface area contributed by atoms with Crippen LogP contribution in [0, 0.1) is 11.8 Å². The molecule has 130 valence electrons. The van der Waals surface area contributed by atoms with Crippen LogP contribution in [0.5, 0.6) is 0 Å². The maximum atomic E-state index is 13.1. The van der Waals surface area contributed by atoms with Gasteiger partial charge in [-0.15, -0.1) is 0 Å². The van der Waals surface area contributed by atoms with Gasteiger partial charge in [0.15, 0.2) is 0 Å². The fraction of sp³-hybridized carbons (Fsp3) is 0.500. The molecule has 1 spiro atoms. The van der Waals surface area contributed by atoms with Crippen molar-refractivity contribution in [2.75, 3.05) is 19.0 Å². The molecule has 1 amide bonds. The first-order valence-electron chi connectivity index (χ1n) is 9.01. The second-order valence-corrected chi connectivity index (χ2v) is 7.69. The van der Waals surface area contributed by atoms with E-state index < -0.39 is 5.41 Å². The lowest BCUT2D eigenvalue weighted by Gasteiger charge is -2.51. The van der Waals surface area contributed by atoms with E-state index in [1.54, 1.807) is 0 Å². The summed E-state index contributed by atoms with van der Waals surface area (Å²) < 4.78 is 5.14. The van der Waals surface area contributed by atoms with E-state index in [1.165, 1.54) is 12.7 Å². The third kappa shape index (κ3) is 1.67. The third-order valence-corrected chi connectivity index (χ3v) is 7.00. The predicted molar refractivity (Wildman–Crippen MR) is 93.0 cm³/mol. The van der Waals surface area contributed by atoms with Crippen molar-refractivity contribution in [3.63, 3.8) is 0 Å². The van der Waals surface area contributed by atoms with Crippen molar-refractivity contribution >= 4 is 17.6 Å². The molecule has 1 unspecified atom stereocenters. The number of piperidine rings is 3. The van der Waals surface area contributed by atoms with Gasteiger partial charge in [0.25, 0.3) is 0 Å². The standard InChI is InChI=1S/C20H22N2O3/c1-3-11-10-22-15-9-20(13-6-4-5-7-14(13)21-19(20)24)16(22)8-12(11)17(15)18(23)25-2/h3-7,12,15-17H,8-10H2,1-2H3,(H,21,24)/b11-3-/t12-,15-,16-,17+,20-/m0/s1. The van der Waals surface area contributed by atoms with Gasteiger partial charge in [-0.2, -0.15) is 0 Å². The molecule has 5 heterocycles. The number of anilines is 1. The molecule has 0 saturated carbocycles. The van der Waals surface area contributed by atoms with Gasteiger partial charge in [0, 0.05) is 24.3 Å². The molecule has 5 aliphatic heterocycles. The van der Waals surface area contributed by atoms with Crippen molar-refractivity contribution in [3.05, 3.63) is 41.5 Å². The number of para-hydroxylation sites is 1. The summed E-state index contributed by atoms with van der Waals surface area (Å²) in [7, 11) is 1.47. The van der Waals surface area contributed by atoms with E-state index in [4.69, 9.17) is 4.74 Å². The molecule has 0 aromatic heterocycles. The quantitative estimate of drug-likeness (QED) is 0.629. The van der Waals surface area contributed by atoms with E-state index in [0.717, 1.165) is 24.2 Å². The number of amides is 1. The van der Waals surface area contributed by atoms with Crippen LogP contribution in [-0.4, -0.2) is 42.5 Å². The normalized spacial score (nSPS) is 41.9. The van der Waals surface area contributed by atoms with Crippen molar-refractivity contribution in [1.29, 1.82) is 0 Å². The molecular weight excluding hydrogens is 316 g/mol.